The number of rotatable bonds is 7. The van der Waals surface area contributed by atoms with Crippen LogP contribution >= 0.6 is 11.6 Å². The third kappa shape index (κ3) is 6.67. The number of anilines is 1. The molecule has 3 heterocycles. The summed E-state index contributed by atoms with van der Waals surface area (Å²) in [7, 11) is 0. The summed E-state index contributed by atoms with van der Waals surface area (Å²) in [6.07, 6.45) is -0.178. The molecular weight excluding hydrogens is 583 g/mol. The van der Waals surface area contributed by atoms with Crippen molar-refractivity contribution in [3.63, 3.8) is 0 Å². The third-order valence-electron chi connectivity index (χ3n) is 7.93. The molecule has 12 heteroatoms. The van der Waals surface area contributed by atoms with Crippen molar-refractivity contribution in [1.29, 1.82) is 0 Å². The van der Waals surface area contributed by atoms with Gasteiger partial charge in [0, 0.05) is 17.6 Å². The summed E-state index contributed by atoms with van der Waals surface area (Å²) in [6, 6.07) is 6.37. The molecule has 4 aromatic rings. The molecule has 1 aliphatic heterocycles. The van der Waals surface area contributed by atoms with Crippen LogP contribution in [0.2, 0.25) is 5.02 Å². The van der Waals surface area contributed by atoms with E-state index in [0.717, 1.165) is 16.7 Å². The zero-order chi connectivity index (χ0) is 30.9. The molecule has 226 valence electrons. The molecule has 0 saturated carbocycles. The first kappa shape index (κ1) is 30.5. The Kier molecular flexibility index (Phi) is 8.75. The molecule has 1 amide bonds. The van der Waals surface area contributed by atoms with Crippen molar-refractivity contribution in [3.05, 3.63) is 80.5 Å². The summed E-state index contributed by atoms with van der Waals surface area (Å²) < 4.78 is 46.3. The number of carbonyl (C=O) groups excluding carboxylic acids is 1. The van der Waals surface area contributed by atoms with Gasteiger partial charge >= 0.3 is 6.18 Å². The Morgan fingerprint density at radius 3 is 2.56 bits per heavy atom. The van der Waals surface area contributed by atoms with Gasteiger partial charge in [0.05, 0.1) is 28.3 Å². The summed E-state index contributed by atoms with van der Waals surface area (Å²) >= 11 is 6.48. The monoisotopic (exact) mass is 613 g/mol. The van der Waals surface area contributed by atoms with Crippen LogP contribution in [0, 0.1) is 20.8 Å². The maximum atomic E-state index is 13.5. The highest BCUT2D eigenvalue weighted by Gasteiger charge is 2.41. The first-order chi connectivity index (χ1) is 20.4. The van der Waals surface area contributed by atoms with Crippen LogP contribution in [0.1, 0.15) is 52.7 Å². The Labute approximate surface area is 251 Å². The first-order valence-corrected chi connectivity index (χ1v) is 14.3. The van der Waals surface area contributed by atoms with E-state index in [4.69, 9.17) is 16.3 Å². The Balaban J connectivity index is 1.56. The number of pyridine rings is 1. The number of carbonyl (C=O) groups is 1. The number of hydrogen-bond acceptors (Lipinski definition) is 6. The maximum absolute atomic E-state index is 13.5. The van der Waals surface area contributed by atoms with Crippen LogP contribution in [0.3, 0.4) is 0 Å². The van der Waals surface area contributed by atoms with Gasteiger partial charge in [-0.15, -0.1) is 0 Å². The second kappa shape index (κ2) is 12.3. The number of nitrogens with zero attached hydrogens (tertiary/aromatic N) is 2. The van der Waals surface area contributed by atoms with Crippen molar-refractivity contribution in [2.45, 2.75) is 64.7 Å². The SMILES string of the molecule is Cc1cc(-c2c(OCC[C@@H]3CCCC(C(F)(F)F)N3)c3cc(C(=O)Nc4ccncn4)c(Cl)cc3[nH]c2=O)cc(C)c1C. The number of benzene rings is 2. The van der Waals surface area contributed by atoms with E-state index in [2.05, 4.69) is 25.6 Å². The van der Waals surface area contributed by atoms with Gasteiger partial charge in [-0.25, -0.2) is 9.97 Å². The van der Waals surface area contributed by atoms with Crippen LogP contribution in [-0.2, 0) is 0 Å². The molecule has 3 N–H and O–H groups in total. The average molecular weight is 614 g/mol. The van der Waals surface area contributed by atoms with Gasteiger partial charge in [0.1, 0.15) is 23.9 Å². The van der Waals surface area contributed by atoms with E-state index in [9.17, 15) is 22.8 Å². The molecule has 43 heavy (non-hydrogen) atoms. The largest absolute Gasteiger partial charge is 0.492 e. The van der Waals surface area contributed by atoms with Gasteiger partial charge in [0.2, 0.25) is 0 Å². The van der Waals surface area contributed by atoms with Gasteiger partial charge < -0.3 is 20.4 Å². The minimum atomic E-state index is -4.32. The highest BCUT2D eigenvalue weighted by atomic mass is 35.5. The lowest BCUT2D eigenvalue weighted by Crippen LogP contribution is -2.50. The molecule has 0 aliphatic carbocycles. The number of H-pyrrole nitrogens is 1. The topological polar surface area (TPSA) is 109 Å². The molecule has 1 unspecified atom stereocenters. The number of ether oxygens (including phenoxy) is 1. The summed E-state index contributed by atoms with van der Waals surface area (Å²) in [6.45, 7) is 5.93. The van der Waals surface area contributed by atoms with Crippen molar-refractivity contribution in [2.24, 2.45) is 0 Å². The number of aryl methyl sites for hydroxylation is 2. The molecule has 5 rings (SSSR count). The van der Waals surface area contributed by atoms with Crippen LogP contribution in [-0.4, -0.2) is 45.7 Å². The van der Waals surface area contributed by atoms with Crippen LogP contribution in [0.25, 0.3) is 22.0 Å². The molecule has 2 aromatic heterocycles. The predicted octanol–water partition coefficient (Wildman–Crippen LogP) is 6.66. The van der Waals surface area contributed by atoms with Gasteiger partial charge in [-0.2, -0.15) is 13.2 Å². The Morgan fingerprint density at radius 2 is 1.88 bits per heavy atom. The van der Waals surface area contributed by atoms with Crippen LogP contribution in [0.15, 0.2) is 47.7 Å². The predicted molar refractivity (Wildman–Crippen MR) is 160 cm³/mol. The van der Waals surface area contributed by atoms with Gasteiger partial charge in [-0.05, 0) is 80.5 Å². The number of nitrogens with one attached hydrogen (secondary N) is 3. The van der Waals surface area contributed by atoms with E-state index in [1.165, 1.54) is 30.7 Å². The number of aromatic nitrogens is 3. The number of amides is 1. The quantitative estimate of drug-likeness (QED) is 0.215. The van der Waals surface area contributed by atoms with Crippen molar-refractivity contribution >= 4 is 34.2 Å². The van der Waals surface area contributed by atoms with E-state index in [-0.39, 0.29) is 40.7 Å². The molecule has 8 nitrogen and oxygen atoms in total. The van der Waals surface area contributed by atoms with Crippen molar-refractivity contribution in [3.8, 4) is 16.9 Å². The molecular formula is C31H31ClF3N5O3. The molecule has 1 fully saturated rings. The van der Waals surface area contributed by atoms with Gasteiger partial charge in [-0.1, -0.05) is 30.2 Å². The molecule has 1 aliphatic rings. The van der Waals surface area contributed by atoms with E-state index >= 15 is 0 Å². The molecule has 0 radical (unpaired) electrons. The minimum absolute atomic E-state index is 0.0381. The zero-order valence-corrected chi connectivity index (χ0v) is 24.6. The average Bonchev–Trinajstić information content (AvgIpc) is 2.95. The van der Waals surface area contributed by atoms with Crippen molar-refractivity contribution in [2.75, 3.05) is 11.9 Å². The fourth-order valence-corrected chi connectivity index (χ4v) is 5.66. The molecule has 0 bridgehead atoms. The fourth-order valence-electron chi connectivity index (χ4n) is 5.41. The highest BCUT2D eigenvalue weighted by molar-refractivity contribution is 6.35. The van der Waals surface area contributed by atoms with Crippen LogP contribution in [0.5, 0.6) is 5.75 Å². The van der Waals surface area contributed by atoms with Gasteiger partial charge in [0.25, 0.3) is 11.5 Å². The van der Waals surface area contributed by atoms with E-state index in [0.29, 0.717) is 35.7 Å². The molecule has 1 saturated heterocycles. The van der Waals surface area contributed by atoms with Gasteiger partial charge in [0.15, 0.2) is 0 Å². The number of piperidine rings is 1. The van der Waals surface area contributed by atoms with Crippen LogP contribution in [0.4, 0.5) is 19.0 Å². The minimum Gasteiger partial charge on any atom is -0.492 e. The summed E-state index contributed by atoms with van der Waals surface area (Å²) in [4.78, 5) is 37.5. The fraction of sp³-hybridized carbons (Fsp3) is 0.355. The lowest BCUT2D eigenvalue weighted by Gasteiger charge is -2.32. The number of aromatic amines is 1. The highest BCUT2D eigenvalue weighted by Crippen LogP contribution is 2.37. The summed E-state index contributed by atoms with van der Waals surface area (Å²) in [5.74, 6) is -0.0363. The van der Waals surface area contributed by atoms with Gasteiger partial charge in [-0.3, -0.25) is 9.59 Å². The number of fused-ring (bicyclic) bond motifs is 1. The third-order valence-corrected chi connectivity index (χ3v) is 8.24. The van der Waals surface area contributed by atoms with Crippen molar-refractivity contribution in [1.82, 2.24) is 20.3 Å². The van der Waals surface area contributed by atoms with E-state index in [1.807, 2.05) is 32.9 Å². The molecule has 2 aromatic carbocycles. The number of hydrogen-bond donors (Lipinski definition) is 3. The maximum Gasteiger partial charge on any atom is 0.403 e. The second-order valence-electron chi connectivity index (χ2n) is 10.8. The van der Waals surface area contributed by atoms with Crippen molar-refractivity contribution < 1.29 is 22.7 Å². The lowest BCUT2D eigenvalue weighted by molar-refractivity contribution is -0.163. The number of halogens is 4. The van der Waals surface area contributed by atoms with Crippen LogP contribution < -0.4 is 20.9 Å². The summed E-state index contributed by atoms with van der Waals surface area (Å²) in [5.41, 5.74) is 3.96. The normalized spacial score (nSPS) is 17.2. The lowest BCUT2D eigenvalue weighted by atomic mass is 9.95. The Morgan fingerprint density at radius 1 is 1.14 bits per heavy atom. The smallest absolute Gasteiger partial charge is 0.403 e. The Hall–Kier alpha value is -3.96. The molecule has 0 spiro atoms. The number of alkyl halides is 3. The summed E-state index contributed by atoms with van der Waals surface area (Å²) in [5, 5.41) is 5.89. The standard InChI is InChI=1S/C31H31ClF3N5O3/c1-16-11-19(12-17(2)18(16)3)27-28(43-10-8-20-5-4-6-25(38-20)31(33,34)35)22-13-21(23(32)14-24(22)39-30(27)42)29(41)40-26-7-9-36-15-37-26/h7,9,11-15,20,25,38H,4-6,8,10H2,1-3H3,(H,39,42)(H,36,37,40,41)/t20-,25?/m0/s1. The Bertz CT molecular complexity index is 1700. The van der Waals surface area contributed by atoms with E-state index < -0.39 is 29.7 Å². The first-order valence-electron chi connectivity index (χ1n) is 13.9. The van der Waals surface area contributed by atoms with E-state index in [1.54, 1.807) is 0 Å². The second-order valence-corrected chi connectivity index (χ2v) is 11.3. The zero-order valence-electron chi connectivity index (χ0n) is 23.9. The molecule has 2 atom stereocenters.